The van der Waals surface area contributed by atoms with E-state index in [0.29, 0.717) is 0 Å². The van der Waals surface area contributed by atoms with Crippen LogP contribution in [0.5, 0.6) is 0 Å². The monoisotopic (exact) mass is 174 g/mol. The van der Waals surface area contributed by atoms with E-state index in [1.165, 1.54) is 0 Å². The van der Waals surface area contributed by atoms with E-state index in [0.717, 1.165) is 6.54 Å². The lowest BCUT2D eigenvalue weighted by atomic mass is 10.0. The molecule has 0 amide bonds. The summed E-state index contributed by atoms with van der Waals surface area (Å²) in [6.45, 7) is 9.58. The lowest BCUT2D eigenvalue weighted by molar-refractivity contribution is 0.148. The van der Waals surface area contributed by atoms with E-state index in [-0.39, 0.29) is 5.54 Å². The Kier molecular flexibility index (Phi) is 7.75. The van der Waals surface area contributed by atoms with Crippen LogP contribution in [0.1, 0.15) is 27.7 Å². The summed E-state index contributed by atoms with van der Waals surface area (Å²) in [6.07, 6.45) is 0. The van der Waals surface area contributed by atoms with E-state index in [9.17, 15) is 0 Å². The first-order chi connectivity index (χ1) is 5.36. The minimum Gasteiger partial charge on any atom is -0.308 e. The standard InChI is InChI=1S/C8H20N2.C2H6/c1-8(2,10(5)6)7-9(3)4;1-2/h7H2,1-6H3;1-2H3. The Morgan fingerprint density at radius 3 is 1.33 bits per heavy atom. The number of hydrogen-bond acceptors (Lipinski definition) is 2. The summed E-state index contributed by atoms with van der Waals surface area (Å²) in [7, 11) is 8.43. The van der Waals surface area contributed by atoms with E-state index in [4.69, 9.17) is 0 Å². The van der Waals surface area contributed by atoms with Gasteiger partial charge in [0.05, 0.1) is 0 Å². The van der Waals surface area contributed by atoms with E-state index in [1.54, 1.807) is 0 Å². The van der Waals surface area contributed by atoms with Crippen molar-refractivity contribution in [2.75, 3.05) is 34.7 Å². The number of nitrogens with zero attached hydrogens (tertiary/aromatic N) is 2. The molecule has 0 atom stereocenters. The molecule has 0 fully saturated rings. The fourth-order valence-electron chi connectivity index (χ4n) is 0.915. The van der Waals surface area contributed by atoms with Crippen molar-refractivity contribution in [2.24, 2.45) is 0 Å². The zero-order chi connectivity index (χ0) is 10.4. The molecule has 0 saturated heterocycles. The van der Waals surface area contributed by atoms with Gasteiger partial charge in [-0.2, -0.15) is 0 Å². The van der Waals surface area contributed by atoms with Gasteiger partial charge in [-0.15, -0.1) is 0 Å². The normalized spacial score (nSPS) is 11.5. The van der Waals surface area contributed by atoms with Crippen molar-refractivity contribution in [3.8, 4) is 0 Å². The van der Waals surface area contributed by atoms with Crippen molar-refractivity contribution in [1.29, 1.82) is 0 Å². The molecule has 0 spiro atoms. The molecule has 0 aliphatic carbocycles. The summed E-state index contributed by atoms with van der Waals surface area (Å²) in [5.41, 5.74) is 0.281. The van der Waals surface area contributed by atoms with Crippen molar-refractivity contribution in [1.82, 2.24) is 9.80 Å². The van der Waals surface area contributed by atoms with Gasteiger partial charge in [-0.05, 0) is 42.0 Å². The molecule has 0 rings (SSSR count). The molecule has 0 saturated carbocycles. The van der Waals surface area contributed by atoms with Crippen molar-refractivity contribution in [3.63, 3.8) is 0 Å². The molecule has 2 heteroatoms. The van der Waals surface area contributed by atoms with Crippen LogP contribution in [0.4, 0.5) is 0 Å². The molecule has 2 nitrogen and oxygen atoms in total. The Morgan fingerprint density at radius 2 is 1.25 bits per heavy atom. The molecule has 12 heavy (non-hydrogen) atoms. The maximum Gasteiger partial charge on any atom is 0.0273 e. The van der Waals surface area contributed by atoms with E-state index < -0.39 is 0 Å². The first kappa shape index (κ1) is 14.4. The lowest BCUT2D eigenvalue weighted by Gasteiger charge is -2.34. The predicted octanol–water partition coefficient (Wildman–Crippen LogP) is 1.91. The lowest BCUT2D eigenvalue weighted by Crippen LogP contribution is -2.46. The minimum atomic E-state index is 0.281. The third-order valence-electron chi connectivity index (χ3n) is 1.91. The van der Waals surface area contributed by atoms with Gasteiger partial charge in [0.2, 0.25) is 0 Å². The average Bonchev–Trinajstić information content (AvgIpc) is 1.89. The maximum atomic E-state index is 2.24. The molecule has 0 bridgehead atoms. The SMILES string of the molecule is CC.CN(C)CC(C)(C)N(C)C. The summed E-state index contributed by atoms with van der Waals surface area (Å²) in [5, 5.41) is 0. The fourth-order valence-corrected chi connectivity index (χ4v) is 0.915. The van der Waals surface area contributed by atoms with Crippen LogP contribution in [0.15, 0.2) is 0 Å². The molecule has 0 aromatic heterocycles. The maximum absolute atomic E-state index is 2.24. The summed E-state index contributed by atoms with van der Waals surface area (Å²) in [4.78, 5) is 4.45. The van der Waals surface area contributed by atoms with Crippen molar-refractivity contribution in [2.45, 2.75) is 33.2 Å². The van der Waals surface area contributed by atoms with Gasteiger partial charge in [0, 0.05) is 12.1 Å². The molecular formula is C10H26N2. The third-order valence-corrected chi connectivity index (χ3v) is 1.91. The second kappa shape index (κ2) is 6.44. The summed E-state index contributed by atoms with van der Waals surface area (Å²) in [5.74, 6) is 0. The van der Waals surface area contributed by atoms with Crippen LogP contribution >= 0.6 is 0 Å². The number of hydrogen-bond donors (Lipinski definition) is 0. The molecule has 0 aliphatic heterocycles. The van der Waals surface area contributed by atoms with Crippen LogP contribution in [-0.4, -0.2) is 50.1 Å². The Hall–Kier alpha value is -0.0800. The highest BCUT2D eigenvalue weighted by Gasteiger charge is 2.20. The molecule has 76 valence electrons. The molecule has 0 unspecified atom stereocenters. The van der Waals surface area contributed by atoms with Crippen molar-refractivity contribution < 1.29 is 0 Å². The quantitative estimate of drug-likeness (QED) is 0.645. The average molecular weight is 174 g/mol. The highest BCUT2D eigenvalue weighted by molar-refractivity contribution is 4.78. The van der Waals surface area contributed by atoms with Crippen LogP contribution < -0.4 is 0 Å². The molecular weight excluding hydrogens is 148 g/mol. The number of rotatable bonds is 3. The topological polar surface area (TPSA) is 6.48 Å². The molecule has 0 aromatic carbocycles. The highest BCUT2D eigenvalue weighted by Crippen LogP contribution is 2.09. The van der Waals surface area contributed by atoms with Crippen LogP contribution in [-0.2, 0) is 0 Å². The third kappa shape index (κ3) is 6.62. The van der Waals surface area contributed by atoms with Gasteiger partial charge in [-0.25, -0.2) is 0 Å². The van der Waals surface area contributed by atoms with Gasteiger partial charge in [0.15, 0.2) is 0 Å². The fraction of sp³-hybridized carbons (Fsp3) is 1.00. The second-order valence-corrected chi connectivity index (χ2v) is 3.94. The predicted molar refractivity (Wildman–Crippen MR) is 57.7 cm³/mol. The van der Waals surface area contributed by atoms with Gasteiger partial charge in [-0.3, -0.25) is 0 Å². The van der Waals surface area contributed by atoms with Gasteiger partial charge in [-0.1, -0.05) is 13.8 Å². The minimum absolute atomic E-state index is 0.281. The van der Waals surface area contributed by atoms with Crippen LogP contribution in [0.3, 0.4) is 0 Å². The summed E-state index contributed by atoms with van der Waals surface area (Å²) < 4.78 is 0. The second-order valence-electron chi connectivity index (χ2n) is 3.94. The van der Waals surface area contributed by atoms with Gasteiger partial charge in [0.25, 0.3) is 0 Å². The van der Waals surface area contributed by atoms with Crippen LogP contribution in [0.2, 0.25) is 0 Å². The Labute approximate surface area is 78.5 Å². The molecule has 0 N–H and O–H groups in total. The summed E-state index contributed by atoms with van der Waals surface area (Å²) >= 11 is 0. The largest absolute Gasteiger partial charge is 0.308 e. The number of likely N-dealkylation sites (N-methyl/N-ethyl adjacent to an activating group) is 2. The van der Waals surface area contributed by atoms with E-state index in [1.807, 2.05) is 13.8 Å². The molecule has 0 radical (unpaired) electrons. The Bertz CT molecular complexity index is 96.0. The smallest absolute Gasteiger partial charge is 0.0273 e. The first-order valence-electron chi connectivity index (χ1n) is 4.68. The Balaban J connectivity index is 0. The zero-order valence-corrected chi connectivity index (χ0v) is 10.1. The van der Waals surface area contributed by atoms with Gasteiger partial charge < -0.3 is 9.80 Å². The first-order valence-corrected chi connectivity index (χ1v) is 4.68. The molecule has 0 aromatic rings. The van der Waals surface area contributed by atoms with Crippen molar-refractivity contribution in [3.05, 3.63) is 0 Å². The summed E-state index contributed by atoms with van der Waals surface area (Å²) in [6, 6.07) is 0. The van der Waals surface area contributed by atoms with Gasteiger partial charge >= 0.3 is 0 Å². The molecule has 0 heterocycles. The zero-order valence-electron chi connectivity index (χ0n) is 10.1. The Morgan fingerprint density at radius 1 is 0.917 bits per heavy atom. The highest BCUT2D eigenvalue weighted by atomic mass is 15.2. The van der Waals surface area contributed by atoms with Crippen LogP contribution in [0.25, 0.3) is 0 Å². The van der Waals surface area contributed by atoms with Crippen molar-refractivity contribution >= 4 is 0 Å². The van der Waals surface area contributed by atoms with Crippen LogP contribution in [0, 0.1) is 0 Å². The van der Waals surface area contributed by atoms with Gasteiger partial charge in [0.1, 0.15) is 0 Å². The molecule has 0 aliphatic rings. The van der Waals surface area contributed by atoms with E-state index in [2.05, 4.69) is 51.8 Å². The van der Waals surface area contributed by atoms with E-state index >= 15 is 0 Å².